The van der Waals surface area contributed by atoms with Gasteiger partial charge in [0.1, 0.15) is 17.5 Å². The van der Waals surface area contributed by atoms with Gasteiger partial charge in [-0.25, -0.2) is 0 Å². The van der Waals surface area contributed by atoms with E-state index >= 15 is 0 Å². The molecule has 0 radical (unpaired) electrons. The van der Waals surface area contributed by atoms with E-state index in [0.717, 1.165) is 31.5 Å². The minimum Gasteiger partial charge on any atom is -0.485 e. The zero-order valence-corrected chi connectivity index (χ0v) is 13.5. The Labute approximate surface area is 135 Å². The lowest BCUT2D eigenvalue weighted by atomic mass is 9.85. The largest absolute Gasteiger partial charge is 0.485 e. The number of hydrogen-bond donors (Lipinski definition) is 1. The molecule has 1 aromatic rings. The number of halogens is 1. The monoisotopic (exact) mass is 328 g/mol. The first kappa shape index (κ1) is 17.0. The number of benzene rings is 1. The van der Waals surface area contributed by atoms with Crippen LogP contribution >= 0.6 is 12.4 Å². The molecule has 6 nitrogen and oxygen atoms in total. The third kappa shape index (κ3) is 2.78. The third-order valence-electron chi connectivity index (χ3n) is 4.44. The van der Waals surface area contributed by atoms with Crippen LogP contribution < -0.4 is 4.74 Å². The van der Waals surface area contributed by atoms with E-state index in [1.54, 1.807) is 6.07 Å². The molecule has 1 N–H and O–H groups in total. The summed E-state index contributed by atoms with van der Waals surface area (Å²) in [7, 11) is 0. The maximum Gasteiger partial charge on any atom is 0.270 e. The van der Waals surface area contributed by atoms with Crippen LogP contribution in [0.2, 0.25) is 0 Å². The minimum absolute atomic E-state index is 0. The van der Waals surface area contributed by atoms with E-state index in [1.807, 2.05) is 13.8 Å². The highest BCUT2D eigenvalue weighted by Gasteiger charge is 2.46. The number of aliphatic hydroxyl groups is 1. The number of nitrogens with zero attached hydrogens (tertiary/aromatic N) is 2. The molecule has 1 aromatic carbocycles. The Morgan fingerprint density at radius 1 is 1.36 bits per heavy atom. The van der Waals surface area contributed by atoms with Gasteiger partial charge in [-0.15, -0.1) is 12.4 Å². The van der Waals surface area contributed by atoms with Crippen LogP contribution in [-0.2, 0) is 0 Å². The van der Waals surface area contributed by atoms with Crippen LogP contribution in [0.25, 0.3) is 0 Å². The van der Waals surface area contributed by atoms with Gasteiger partial charge in [0, 0.05) is 17.7 Å². The number of hydrogen-bond acceptors (Lipinski definition) is 5. The van der Waals surface area contributed by atoms with Crippen molar-refractivity contribution in [3.8, 4) is 5.75 Å². The molecule has 0 amide bonds. The number of ether oxygens (including phenoxy) is 1. The lowest BCUT2D eigenvalue weighted by Gasteiger charge is -2.45. The van der Waals surface area contributed by atoms with Crippen molar-refractivity contribution in [3.05, 3.63) is 33.9 Å². The number of nitro benzene ring substituents is 1. The Bertz CT molecular complexity index is 573. The van der Waals surface area contributed by atoms with Gasteiger partial charge >= 0.3 is 0 Å². The van der Waals surface area contributed by atoms with Crippen molar-refractivity contribution < 1.29 is 14.8 Å². The molecule has 0 unspecified atom stereocenters. The van der Waals surface area contributed by atoms with E-state index in [4.69, 9.17) is 4.74 Å². The molecule has 1 saturated heterocycles. The van der Waals surface area contributed by atoms with Gasteiger partial charge in [-0.3, -0.25) is 15.0 Å². The summed E-state index contributed by atoms with van der Waals surface area (Å²) < 4.78 is 5.86. The number of likely N-dealkylation sites (tertiary alicyclic amines) is 1. The lowest BCUT2D eigenvalue weighted by molar-refractivity contribution is -0.385. The Balaban J connectivity index is 0.00000176. The highest BCUT2D eigenvalue weighted by Crippen LogP contribution is 2.44. The Morgan fingerprint density at radius 3 is 2.59 bits per heavy atom. The highest BCUT2D eigenvalue weighted by atomic mass is 35.5. The molecular weight excluding hydrogens is 308 g/mol. The molecule has 0 spiro atoms. The Kier molecular flexibility index (Phi) is 4.65. The number of fused-ring (bicyclic) bond motifs is 1. The molecule has 0 saturated carbocycles. The van der Waals surface area contributed by atoms with Crippen LogP contribution in [0, 0.1) is 10.1 Å². The lowest BCUT2D eigenvalue weighted by Crippen LogP contribution is -2.53. The average Bonchev–Trinajstić information content (AvgIpc) is 2.93. The zero-order chi connectivity index (χ0) is 15.2. The molecule has 1 fully saturated rings. The first-order valence-corrected chi connectivity index (χ1v) is 7.29. The normalized spacial score (nSPS) is 26.7. The van der Waals surface area contributed by atoms with Crippen LogP contribution in [0.3, 0.4) is 0 Å². The summed E-state index contributed by atoms with van der Waals surface area (Å²) in [6, 6.07) is 4.39. The maximum absolute atomic E-state index is 11.0. The van der Waals surface area contributed by atoms with Crippen LogP contribution in [0.1, 0.15) is 38.3 Å². The van der Waals surface area contributed by atoms with E-state index in [-0.39, 0.29) is 24.1 Å². The standard InChI is InChI=1S/C15H20N2O4.ClH/c1-15(2)14(18)13(16-7-3-4-8-16)11-9-10(17(19)20)5-6-12(11)21-15;/h5-6,9,13-14,18H,3-4,7-8H2,1-2H3;1H/t13-,14+;/m0./s1. The fourth-order valence-electron chi connectivity index (χ4n) is 3.28. The van der Waals surface area contributed by atoms with Crippen molar-refractivity contribution in [1.29, 1.82) is 0 Å². The van der Waals surface area contributed by atoms with Gasteiger partial charge in [-0.05, 0) is 45.8 Å². The van der Waals surface area contributed by atoms with Gasteiger partial charge in [-0.2, -0.15) is 0 Å². The van der Waals surface area contributed by atoms with Crippen LogP contribution in [0.5, 0.6) is 5.75 Å². The van der Waals surface area contributed by atoms with Crippen molar-refractivity contribution in [2.24, 2.45) is 0 Å². The predicted molar refractivity (Wildman–Crippen MR) is 84.6 cm³/mol. The topological polar surface area (TPSA) is 75.8 Å². The molecule has 3 rings (SSSR count). The van der Waals surface area contributed by atoms with Crippen LogP contribution in [-0.4, -0.2) is 39.7 Å². The van der Waals surface area contributed by atoms with Gasteiger partial charge < -0.3 is 9.84 Å². The van der Waals surface area contributed by atoms with E-state index in [2.05, 4.69) is 4.90 Å². The second kappa shape index (κ2) is 6.02. The zero-order valence-electron chi connectivity index (χ0n) is 12.7. The van der Waals surface area contributed by atoms with Gasteiger partial charge in [-0.1, -0.05) is 0 Å². The molecular formula is C15H21ClN2O4. The molecule has 2 aliphatic heterocycles. The molecule has 2 heterocycles. The molecule has 0 bridgehead atoms. The number of rotatable bonds is 2. The molecule has 2 atom stereocenters. The summed E-state index contributed by atoms with van der Waals surface area (Å²) in [4.78, 5) is 12.8. The fourth-order valence-corrected chi connectivity index (χ4v) is 3.28. The highest BCUT2D eigenvalue weighted by molar-refractivity contribution is 5.85. The van der Waals surface area contributed by atoms with Crippen LogP contribution in [0.4, 0.5) is 5.69 Å². The number of non-ortho nitro benzene ring substituents is 1. The van der Waals surface area contributed by atoms with Gasteiger partial charge in [0.05, 0.1) is 11.0 Å². The Morgan fingerprint density at radius 2 is 2.00 bits per heavy atom. The van der Waals surface area contributed by atoms with Gasteiger partial charge in [0.15, 0.2) is 0 Å². The molecule has 0 aromatic heterocycles. The van der Waals surface area contributed by atoms with Gasteiger partial charge in [0.2, 0.25) is 0 Å². The SMILES string of the molecule is CC1(C)Oc2ccc([N+](=O)[O-])cc2[C@H](N2CCCC2)[C@H]1O.Cl. The average molecular weight is 329 g/mol. The van der Waals surface area contributed by atoms with E-state index < -0.39 is 16.6 Å². The van der Waals surface area contributed by atoms with Crippen molar-refractivity contribution >= 4 is 18.1 Å². The van der Waals surface area contributed by atoms with Crippen molar-refractivity contribution in [3.63, 3.8) is 0 Å². The van der Waals surface area contributed by atoms with E-state index in [0.29, 0.717) is 5.75 Å². The first-order valence-electron chi connectivity index (χ1n) is 7.29. The summed E-state index contributed by atoms with van der Waals surface area (Å²) in [5.74, 6) is 0.632. The minimum atomic E-state index is -0.717. The first-order chi connectivity index (χ1) is 9.90. The maximum atomic E-state index is 11.0. The molecule has 7 heteroatoms. The Hall–Kier alpha value is -1.37. The molecule has 2 aliphatic rings. The van der Waals surface area contributed by atoms with E-state index in [1.165, 1.54) is 12.1 Å². The fraction of sp³-hybridized carbons (Fsp3) is 0.600. The third-order valence-corrected chi connectivity index (χ3v) is 4.44. The number of aliphatic hydroxyl groups excluding tert-OH is 1. The predicted octanol–water partition coefficient (Wildman–Crippen LogP) is 2.69. The summed E-state index contributed by atoms with van der Waals surface area (Å²) in [6.07, 6.45) is 1.47. The molecule has 0 aliphatic carbocycles. The van der Waals surface area contributed by atoms with E-state index in [9.17, 15) is 15.2 Å². The molecule has 122 valence electrons. The summed E-state index contributed by atoms with van der Waals surface area (Å²) in [5, 5.41) is 21.7. The second-order valence-electron chi connectivity index (χ2n) is 6.32. The molecule has 22 heavy (non-hydrogen) atoms. The van der Waals surface area contributed by atoms with Crippen molar-refractivity contribution in [2.45, 2.75) is 44.4 Å². The van der Waals surface area contributed by atoms with Gasteiger partial charge in [0.25, 0.3) is 5.69 Å². The quantitative estimate of drug-likeness (QED) is 0.667. The van der Waals surface area contributed by atoms with Crippen molar-refractivity contribution in [1.82, 2.24) is 4.90 Å². The summed E-state index contributed by atoms with van der Waals surface area (Å²) in [5.41, 5.74) is 0.0440. The second-order valence-corrected chi connectivity index (χ2v) is 6.32. The summed E-state index contributed by atoms with van der Waals surface area (Å²) in [6.45, 7) is 5.51. The van der Waals surface area contributed by atoms with Crippen molar-refractivity contribution in [2.75, 3.05) is 13.1 Å². The smallest absolute Gasteiger partial charge is 0.270 e. The summed E-state index contributed by atoms with van der Waals surface area (Å²) >= 11 is 0. The van der Waals surface area contributed by atoms with Crippen LogP contribution in [0.15, 0.2) is 18.2 Å². The number of nitro groups is 1.